The van der Waals surface area contributed by atoms with E-state index in [1.165, 1.54) is 6.92 Å². The third-order valence-corrected chi connectivity index (χ3v) is 4.87. The molecule has 1 rings (SSSR count). The van der Waals surface area contributed by atoms with E-state index in [1.807, 2.05) is 0 Å². The average molecular weight is 263 g/mol. The summed E-state index contributed by atoms with van der Waals surface area (Å²) in [4.78, 5) is 22.0. The number of amides is 1. The Labute approximate surface area is 100 Å². The predicted octanol–water partition coefficient (Wildman–Crippen LogP) is -0.0669. The topological polar surface area (TPSA) is 101 Å². The van der Waals surface area contributed by atoms with Crippen LogP contribution in [0, 0.1) is 0 Å². The molecule has 0 aromatic heterocycles. The highest BCUT2D eigenvalue weighted by Crippen LogP contribution is 2.18. The molecule has 98 valence electrons. The monoisotopic (exact) mass is 263 g/mol. The van der Waals surface area contributed by atoms with Crippen molar-refractivity contribution in [3.05, 3.63) is 0 Å². The van der Waals surface area contributed by atoms with Crippen LogP contribution in [-0.2, 0) is 19.4 Å². The first-order valence-corrected chi connectivity index (χ1v) is 7.28. The fourth-order valence-corrected chi connectivity index (χ4v) is 2.84. The van der Waals surface area contributed by atoms with Gasteiger partial charge in [-0.05, 0) is 19.8 Å². The van der Waals surface area contributed by atoms with E-state index >= 15 is 0 Å². The molecular weight excluding hydrogens is 246 g/mol. The van der Waals surface area contributed by atoms with Gasteiger partial charge in [0, 0.05) is 6.04 Å². The van der Waals surface area contributed by atoms with Crippen LogP contribution < -0.4 is 5.32 Å². The SMILES string of the molecule is CC(C(=O)NC1CCCC1)S(=O)(=O)CC(=O)O. The minimum absolute atomic E-state index is 0.0324. The molecule has 1 amide bonds. The van der Waals surface area contributed by atoms with Crippen molar-refractivity contribution in [2.75, 3.05) is 5.75 Å². The lowest BCUT2D eigenvalue weighted by molar-refractivity contribution is -0.134. The molecule has 0 spiro atoms. The van der Waals surface area contributed by atoms with Crippen molar-refractivity contribution in [1.82, 2.24) is 5.32 Å². The minimum atomic E-state index is -3.91. The molecule has 1 unspecified atom stereocenters. The first kappa shape index (κ1) is 14.0. The van der Waals surface area contributed by atoms with E-state index in [4.69, 9.17) is 5.11 Å². The van der Waals surface area contributed by atoms with E-state index in [-0.39, 0.29) is 6.04 Å². The van der Waals surface area contributed by atoms with Crippen molar-refractivity contribution >= 4 is 21.7 Å². The molecule has 1 aliphatic rings. The Kier molecular flexibility index (Phi) is 4.50. The van der Waals surface area contributed by atoms with E-state index in [1.54, 1.807) is 0 Å². The third kappa shape index (κ3) is 3.99. The van der Waals surface area contributed by atoms with Crippen LogP contribution in [0.2, 0.25) is 0 Å². The minimum Gasteiger partial charge on any atom is -0.480 e. The molecule has 1 fully saturated rings. The van der Waals surface area contributed by atoms with Crippen molar-refractivity contribution in [3.8, 4) is 0 Å². The Morgan fingerprint density at radius 3 is 2.35 bits per heavy atom. The van der Waals surface area contributed by atoms with E-state index in [0.717, 1.165) is 25.7 Å². The molecule has 0 aromatic rings. The molecule has 17 heavy (non-hydrogen) atoms. The van der Waals surface area contributed by atoms with Crippen molar-refractivity contribution in [3.63, 3.8) is 0 Å². The molecule has 0 saturated heterocycles. The molecule has 0 radical (unpaired) electrons. The molecule has 0 bridgehead atoms. The van der Waals surface area contributed by atoms with Gasteiger partial charge < -0.3 is 10.4 Å². The molecule has 1 aliphatic carbocycles. The van der Waals surface area contributed by atoms with Crippen molar-refractivity contribution in [1.29, 1.82) is 0 Å². The quantitative estimate of drug-likeness (QED) is 0.723. The number of rotatable bonds is 5. The van der Waals surface area contributed by atoms with Crippen LogP contribution in [0.1, 0.15) is 32.6 Å². The predicted molar refractivity (Wildman–Crippen MR) is 61.3 cm³/mol. The van der Waals surface area contributed by atoms with Crippen molar-refractivity contribution < 1.29 is 23.1 Å². The van der Waals surface area contributed by atoms with Gasteiger partial charge in [0.1, 0.15) is 11.0 Å². The Morgan fingerprint density at radius 2 is 1.88 bits per heavy atom. The first-order valence-electron chi connectivity index (χ1n) is 5.56. The summed E-state index contributed by atoms with van der Waals surface area (Å²) < 4.78 is 23.0. The number of nitrogens with one attached hydrogen (secondary N) is 1. The lowest BCUT2D eigenvalue weighted by Crippen LogP contribution is -2.43. The Morgan fingerprint density at radius 1 is 1.35 bits per heavy atom. The zero-order valence-corrected chi connectivity index (χ0v) is 10.5. The smallest absolute Gasteiger partial charge is 0.318 e. The zero-order chi connectivity index (χ0) is 13.1. The average Bonchev–Trinajstić information content (AvgIpc) is 2.67. The van der Waals surface area contributed by atoms with Gasteiger partial charge in [0.2, 0.25) is 5.91 Å². The Balaban J connectivity index is 2.58. The molecule has 1 saturated carbocycles. The summed E-state index contributed by atoms with van der Waals surface area (Å²) in [7, 11) is -3.91. The van der Waals surface area contributed by atoms with Gasteiger partial charge >= 0.3 is 5.97 Å². The summed E-state index contributed by atoms with van der Waals surface area (Å²) in [6.45, 7) is 1.22. The number of carboxylic acids is 1. The van der Waals surface area contributed by atoms with Gasteiger partial charge in [-0.3, -0.25) is 9.59 Å². The van der Waals surface area contributed by atoms with Crippen LogP contribution >= 0.6 is 0 Å². The fourth-order valence-electron chi connectivity index (χ4n) is 1.85. The van der Waals surface area contributed by atoms with Gasteiger partial charge in [-0.15, -0.1) is 0 Å². The highest BCUT2D eigenvalue weighted by Gasteiger charge is 2.31. The second-order valence-corrected chi connectivity index (χ2v) is 6.65. The molecule has 0 heterocycles. The highest BCUT2D eigenvalue weighted by molar-refractivity contribution is 7.93. The maximum Gasteiger partial charge on any atom is 0.318 e. The van der Waals surface area contributed by atoms with Crippen LogP contribution in [0.5, 0.6) is 0 Å². The van der Waals surface area contributed by atoms with Gasteiger partial charge in [-0.25, -0.2) is 8.42 Å². The maximum atomic E-state index is 11.6. The molecule has 1 atom stereocenters. The van der Waals surface area contributed by atoms with Crippen LogP contribution in [0.15, 0.2) is 0 Å². The van der Waals surface area contributed by atoms with Crippen LogP contribution in [0.25, 0.3) is 0 Å². The van der Waals surface area contributed by atoms with Gasteiger partial charge in [0.25, 0.3) is 0 Å². The summed E-state index contributed by atoms with van der Waals surface area (Å²) in [6, 6.07) is 0.0324. The number of carbonyl (C=O) groups is 2. The number of aliphatic carboxylic acids is 1. The van der Waals surface area contributed by atoms with E-state index in [0.29, 0.717) is 0 Å². The van der Waals surface area contributed by atoms with Gasteiger partial charge in [-0.2, -0.15) is 0 Å². The van der Waals surface area contributed by atoms with E-state index in [2.05, 4.69) is 5.32 Å². The lowest BCUT2D eigenvalue weighted by Gasteiger charge is -2.16. The van der Waals surface area contributed by atoms with Crippen molar-refractivity contribution in [2.24, 2.45) is 0 Å². The normalized spacial score (nSPS) is 18.9. The largest absolute Gasteiger partial charge is 0.480 e. The van der Waals surface area contributed by atoms with E-state index in [9.17, 15) is 18.0 Å². The summed E-state index contributed by atoms with van der Waals surface area (Å²) in [5.41, 5.74) is 0. The van der Waals surface area contributed by atoms with E-state index < -0.39 is 32.7 Å². The number of carboxylic acid groups (broad SMARTS) is 1. The zero-order valence-electron chi connectivity index (χ0n) is 9.68. The van der Waals surface area contributed by atoms with Gasteiger partial charge in [0.15, 0.2) is 9.84 Å². The number of carbonyl (C=O) groups excluding carboxylic acids is 1. The van der Waals surface area contributed by atoms with Crippen LogP contribution in [0.4, 0.5) is 0 Å². The van der Waals surface area contributed by atoms with Crippen LogP contribution in [0.3, 0.4) is 0 Å². The second-order valence-electron chi connectivity index (χ2n) is 4.33. The number of hydrogen-bond acceptors (Lipinski definition) is 4. The molecule has 2 N–H and O–H groups in total. The summed E-state index contributed by atoms with van der Waals surface area (Å²) >= 11 is 0. The molecule has 0 aromatic carbocycles. The highest BCUT2D eigenvalue weighted by atomic mass is 32.2. The summed E-state index contributed by atoms with van der Waals surface area (Å²) in [5.74, 6) is -3.05. The Bertz CT molecular complexity index is 397. The van der Waals surface area contributed by atoms with Gasteiger partial charge in [0.05, 0.1) is 0 Å². The molecule has 7 heteroatoms. The molecule has 0 aliphatic heterocycles. The van der Waals surface area contributed by atoms with Gasteiger partial charge in [-0.1, -0.05) is 12.8 Å². The number of hydrogen-bond donors (Lipinski definition) is 2. The molecular formula is C10H17NO5S. The lowest BCUT2D eigenvalue weighted by atomic mass is 10.2. The van der Waals surface area contributed by atoms with Crippen molar-refractivity contribution in [2.45, 2.75) is 43.9 Å². The van der Waals surface area contributed by atoms with Crippen LogP contribution in [-0.4, -0.2) is 42.4 Å². The maximum absolute atomic E-state index is 11.6. The third-order valence-electron chi connectivity index (χ3n) is 2.93. The first-order chi connectivity index (χ1) is 7.83. The standard InChI is InChI=1S/C10H17NO5S/c1-7(17(15,16)6-9(12)13)10(14)11-8-4-2-3-5-8/h7-8H,2-6H2,1H3,(H,11,14)(H,12,13). The number of sulfone groups is 1. The fraction of sp³-hybridized carbons (Fsp3) is 0.800. The Hall–Kier alpha value is -1.11. The second kappa shape index (κ2) is 5.48. The molecule has 6 nitrogen and oxygen atoms in total. The summed E-state index contributed by atoms with van der Waals surface area (Å²) in [5, 5.41) is 9.79. The summed E-state index contributed by atoms with van der Waals surface area (Å²) in [6.07, 6.45) is 3.78.